The molecule has 0 aliphatic carbocycles. The second-order valence-corrected chi connectivity index (χ2v) is 8.03. The first-order valence-corrected chi connectivity index (χ1v) is 12.2. The van der Waals surface area contributed by atoms with Crippen LogP contribution in [0.3, 0.4) is 0 Å². The molecule has 1 amide bonds. The third-order valence-corrected chi connectivity index (χ3v) is 5.20. The molecule has 0 heterocycles. The lowest BCUT2D eigenvalue weighted by atomic mass is 9.94. The number of allylic oxidation sites excluding steroid dienone is 1. The maximum atomic E-state index is 12.5. The van der Waals surface area contributed by atoms with Crippen LogP contribution < -0.4 is 5.32 Å². The molecule has 0 aromatic rings. The molecule has 0 aromatic carbocycles. The summed E-state index contributed by atoms with van der Waals surface area (Å²) >= 11 is 0. The zero-order valence-corrected chi connectivity index (χ0v) is 20.3. The van der Waals surface area contributed by atoms with Crippen molar-refractivity contribution in [2.75, 3.05) is 13.2 Å². The summed E-state index contributed by atoms with van der Waals surface area (Å²) in [5.41, 5.74) is -1.83. The van der Waals surface area contributed by atoms with Crippen LogP contribution in [0.2, 0.25) is 0 Å². The van der Waals surface area contributed by atoms with E-state index in [1.807, 2.05) is 6.08 Å². The Bertz CT molecular complexity index is 512. The Morgan fingerprint density at radius 3 is 1.58 bits per heavy atom. The van der Waals surface area contributed by atoms with Crippen molar-refractivity contribution in [2.24, 2.45) is 0 Å². The average molecular weight is 440 g/mol. The smallest absolute Gasteiger partial charge is 0.344 e. The summed E-state index contributed by atoms with van der Waals surface area (Å²) in [4.78, 5) is 36.7. The van der Waals surface area contributed by atoms with Gasteiger partial charge in [-0.1, -0.05) is 83.3 Å². The molecule has 0 saturated carbocycles. The van der Waals surface area contributed by atoms with Crippen molar-refractivity contribution >= 4 is 17.8 Å². The van der Waals surface area contributed by atoms with Gasteiger partial charge >= 0.3 is 11.9 Å². The minimum absolute atomic E-state index is 0.0161. The molecule has 0 saturated heterocycles. The number of carbonyl (C=O) groups excluding carboxylic acids is 3. The summed E-state index contributed by atoms with van der Waals surface area (Å²) in [6, 6.07) is 0. The molecule has 0 atom stereocenters. The SMILES string of the molecule is CCCCCCCCCCCCC/C=C/CC(NC(C)=O)(C(=O)OCC)C(=O)OCC. The van der Waals surface area contributed by atoms with Gasteiger partial charge in [-0.25, -0.2) is 9.59 Å². The minimum atomic E-state index is -1.83. The second-order valence-electron chi connectivity index (χ2n) is 8.03. The van der Waals surface area contributed by atoms with Crippen LogP contribution in [0.4, 0.5) is 0 Å². The number of hydrogen-bond acceptors (Lipinski definition) is 5. The number of carbonyl (C=O) groups is 3. The third-order valence-electron chi connectivity index (χ3n) is 5.20. The van der Waals surface area contributed by atoms with Gasteiger partial charge in [0.1, 0.15) is 0 Å². The fraction of sp³-hybridized carbons (Fsp3) is 0.800. The highest BCUT2D eigenvalue weighted by molar-refractivity contribution is 6.07. The number of rotatable bonds is 19. The first-order valence-electron chi connectivity index (χ1n) is 12.2. The van der Waals surface area contributed by atoms with Crippen LogP contribution in [0.15, 0.2) is 12.2 Å². The lowest BCUT2D eigenvalue weighted by Crippen LogP contribution is -2.60. The van der Waals surface area contributed by atoms with Gasteiger partial charge in [-0.2, -0.15) is 0 Å². The van der Waals surface area contributed by atoms with E-state index in [0.29, 0.717) is 0 Å². The number of nitrogens with one attached hydrogen (secondary N) is 1. The molecule has 180 valence electrons. The molecular formula is C25H45NO5. The molecule has 0 spiro atoms. The summed E-state index contributed by atoms with van der Waals surface area (Å²) in [5.74, 6) is -2.06. The normalized spacial score (nSPS) is 11.5. The highest BCUT2D eigenvalue weighted by atomic mass is 16.6. The van der Waals surface area contributed by atoms with E-state index < -0.39 is 23.4 Å². The summed E-state index contributed by atoms with van der Waals surface area (Å²) in [6.45, 7) is 7.05. The molecule has 6 heteroatoms. The first-order chi connectivity index (χ1) is 14.9. The quantitative estimate of drug-likeness (QED) is 0.122. The van der Waals surface area contributed by atoms with Gasteiger partial charge in [-0.3, -0.25) is 4.79 Å². The Morgan fingerprint density at radius 1 is 0.710 bits per heavy atom. The van der Waals surface area contributed by atoms with Crippen molar-refractivity contribution in [3.8, 4) is 0 Å². The molecular weight excluding hydrogens is 394 g/mol. The predicted molar refractivity (Wildman–Crippen MR) is 125 cm³/mol. The monoisotopic (exact) mass is 439 g/mol. The Labute approximate surface area is 189 Å². The van der Waals surface area contributed by atoms with Crippen molar-refractivity contribution in [3.05, 3.63) is 12.2 Å². The van der Waals surface area contributed by atoms with Gasteiger partial charge in [0.15, 0.2) is 0 Å². The average Bonchev–Trinajstić information content (AvgIpc) is 2.73. The molecule has 1 N–H and O–H groups in total. The van der Waals surface area contributed by atoms with Gasteiger partial charge in [0.25, 0.3) is 0 Å². The maximum Gasteiger partial charge on any atom is 0.344 e. The van der Waals surface area contributed by atoms with E-state index in [9.17, 15) is 14.4 Å². The van der Waals surface area contributed by atoms with Crippen LogP contribution in [-0.4, -0.2) is 36.6 Å². The summed E-state index contributed by atoms with van der Waals surface area (Å²) < 4.78 is 10.1. The van der Waals surface area contributed by atoms with Gasteiger partial charge in [-0.05, 0) is 26.7 Å². The second kappa shape index (κ2) is 18.9. The largest absolute Gasteiger partial charge is 0.464 e. The lowest BCUT2D eigenvalue weighted by molar-refractivity contribution is -0.167. The molecule has 0 aliphatic rings. The van der Waals surface area contributed by atoms with Gasteiger partial charge in [0.05, 0.1) is 13.2 Å². The van der Waals surface area contributed by atoms with Gasteiger partial charge < -0.3 is 14.8 Å². The van der Waals surface area contributed by atoms with Crippen molar-refractivity contribution in [2.45, 2.75) is 117 Å². The number of unbranched alkanes of at least 4 members (excludes halogenated alkanes) is 11. The lowest BCUT2D eigenvalue weighted by Gasteiger charge is -2.28. The highest BCUT2D eigenvalue weighted by Gasteiger charge is 2.49. The van der Waals surface area contributed by atoms with E-state index in [-0.39, 0.29) is 19.6 Å². The molecule has 0 rings (SSSR count). The van der Waals surface area contributed by atoms with Crippen LogP contribution >= 0.6 is 0 Å². The standard InChI is InChI=1S/C25H45NO5/c1-5-8-9-10-11-12-13-14-15-16-17-18-19-20-21-25(26-22(4)27,23(28)30-6-2)24(29)31-7-3/h19-20H,5-18,21H2,1-4H3,(H,26,27)/b20-19+. The van der Waals surface area contributed by atoms with Crippen LogP contribution in [0.1, 0.15) is 111 Å². The van der Waals surface area contributed by atoms with Crippen LogP contribution in [0.5, 0.6) is 0 Å². The first kappa shape index (κ1) is 29.1. The van der Waals surface area contributed by atoms with Crippen molar-refractivity contribution in [1.29, 1.82) is 0 Å². The Balaban J connectivity index is 4.37. The zero-order valence-electron chi connectivity index (χ0n) is 20.3. The molecule has 0 aliphatic heterocycles. The highest BCUT2D eigenvalue weighted by Crippen LogP contribution is 2.18. The number of esters is 2. The van der Waals surface area contributed by atoms with Gasteiger partial charge in [0.2, 0.25) is 11.4 Å². The van der Waals surface area contributed by atoms with Gasteiger partial charge in [0, 0.05) is 13.3 Å². The van der Waals surface area contributed by atoms with Crippen LogP contribution in [-0.2, 0) is 23.9 Å². The van der Waals surface area contributed by atoms with Crippen LogP contribution in [0.25, 0.3) is 0 Å². The summed E-state index contributed by atoms with van der Waals surface area (Å²) in [7, 11) is 0. The van der Waals surface area contributed by atoms with E-state index in [4.69, 9.17) is 9.47 Å². The molecule has 0 fully saturated rings. The zero-order chi connectivity index (χ0) is 23.4. The third kappa shape index (κ3) is 13.2. The topological polar surface area (TPSA) is 81.7 Å². The Morgan fingerprint density at radius 2 is 1.16 bits per heavy atom. The molecule has 6 nitrogen and oxygen atoms in total. The summed E-state index contributed by atoms with van der Waals surface area (Å²) in [5, 5.41) is 2.47. The van der Waals surface area contributed by atoms with Gasteiger partial charge in [-0.15, -0.1) is 0 Å². The molecule has 0 bridgehead atoms. The Kier molecular flexibility index (Phi) is 17.8. The maximum absolute atomic E-state index is 12.5. The number of amides is 1. The van der Waals surface area contributed by atoms with E-state index in [1.54, 1.807) is 19.9 Å². The summed E-state index contributed by atoms with van der Waals surface area (Å²) in [6.07, 6.45) is 18.8. The van der Waals surface area contributed by atoms with Crippen molar-refractivity contribution in [1.82, 2.24) is 5.32 Å². The minimum Gasteiger partial charge on any atom is -0.464 e. The van der Waals surface area contributed by atoms with Crippen molar-refractivity contribution in [3.63, 3.8) is 0 Å². The van der Waals surface area contributed by atoms with E-state index in [2.05, 4.69) is 12.2 Å². The Hall–Kier alpha value is -1.85. The number of hydrogen-bond donors (Lipinski definition) is 1. The predicted octanol–water partition coefficient (Wildman–Crippen LogP) is 5.63. The molecule has 0 aromatic heterocycles. The molecule has 0 radical (unpaired) electrons. The fourth-order valence-corrected chi connectivity index (χ4v) is 3.52. The van der Waals surface area contributed by atoms with Crippen LogP contribution in [0, 0.1) is 0 Å². The van der Waals surface area contributed by atoms with E-state index in [0.717, 1.165) is 12.8 Å². The van der Waals surface area contributed by atoms with E-state index in [1.165, 1.54) is 71.1 Å². The van der Waals surface area contributed by atoms with E-state index >= 15 is 0 Å². The fourth-order valence-electron chi connectivity index (χ4n) is 3.52. The molecule has 31 heavy (non-hydrogen) atoms. The van der Waals surface area contributed by atoms with Crippen molar-refractivity contribution < 1.29 is 23.9 Å². The molecule has 0 unspecified atom stereocenters. The number of ether oxygens (including phenoxy) is 2.